The second-order valence-electron chi connectivity index (χ2n) is 22.1. The average Bonchev–Trinajstić information content (AvgIpc) is 4.12. The molecule has 338 valence electrons. The second-order valence-corrected chi connectivity index (χ2v) is 26.3. The first-order valence-electron chi connectivity index (χ1n) is 22.7. The van der Waals surface area contributed by atoms with Gasteiger partial charge in [0.15, 0.2) is 23.3 Å². The SMILES string of the molecule is CC(C)(C)c1nc2cc3c(cc2s1)-c1nc-3nc2[nH]c(nc3nc(nc4[nH]c(n1)c1cc5nc(C(C)(C)C)sc5cc41)-c1cc4nc(C(C)(C)C)sc4cc1-3)c1cc3nc(C(C)(C)C)sc3cc21. The van der Waals surface area contributed by atoms with Crippen LogP contribution in [0.3, 0.4) is 0 Å². The summed E-state index contributed by atoms with van der Waals surface area (Å²) < 4.78 is 4.28. The fraction of sp³-hybridized carbons (Fsp3) is 0.308. The van der Waals surface area contributed by atoms with E-state index >= 15 is 0 Å². The molecule has 0 aliphatic carbocycles. The highest BCUT2D eigenvalue weighted by molar-refractivity contribution is 7.19. The van der Waals surface area contributed by atoms with Gasteiger partial charge in [0.1, 0.15) is 22.6 Å². The van der Waals surface area contributed by atoms with Gasteiger partial charge in [0.2, 0.25) is 0 Å². The van der Waals surface area contributed by atoms with Gasteiger partial charge in [-0.3, -0.25) is 0 Å². The summed E-state index contributed by atoms with van der Waals surface area (Å²) in [5.41, 5.74) is 9.15. The number of thiazole rings is 4. The monoisotopic (exact) mass is 966 g/mol. The van der Waals surface area contributed by atoms with E-state index in [1.807, 2.05) is 0 Å². The molecule has 0 unspecified atom stereocenters. The quantitative estimate of drug-likeness (QED) is 0.150. The molecule has 2 aliphatic heterocycles. The minimum atomic E-state index is -0.116. The Morgan fingerprint density at radius 1 is 0.294 bits per heavy atom. The molecule has 16 heteroatoms. The van der Waals surface area contributed by atoms with E-state index < -0.39 is 0 Å². The van der Waals surface area contributed by atoms with Gasteiger partial charge in [-0.25, -0.2) is 49.8 Å². The Labute approximate surface area is 406 Å². The van der Waals surface area contributed by atoms with Crippen molar-refractivity contribution in [1.29, 1.82) is 0 Å². The lowest BCUT2D eigenvalue weighted by molar-refractivity contribution is 0.586. The van der Waals surface area contributed by atoms with Crippen LogP contribution in [0.4, 0.5) is 0 Å². The van der Waals surface area contributed by atoms with Crippen molar-refractivity contribution in [2.24, 2.45) is 0 Å². The number of nitrogens with zero attached hydrogens (tertiary/aromatic N) is 10. The lowest BCUT2D eigenvalue weighted by Gasteiger charge is -2.13. The number of nitrogens with one attached hydrogen (secondary N) is 2. The molecule has 8 bridgehead atoms. The molecule has 0 amide bonds. The zero-order valence-electron chi connectivity index (χ0n) is 39.7. The van der Waals surface area contributed by atoms with E-state index in [4.69, 9.17) is 49.8 Å². The molecule has 13 rings (SSSR count). The highest BCUT2D eigenvalue weighted by atomic mass is 32.1. The van der Waals surface area contributed by atoms with Crippen LogP contribution in [0.15, 0.2) is 48.5 Å². The van der Waals surface area contributed by atoms with Gasteiger partial charge in [-0.05, 0) is 48.5 Å². The van der Waals surface area contributed by atoms with Crippen LogP contribution in [0, 0.1) is 0 Å². The lowest BCUT2D eigenvalue weighted by atomic mass is 9.98. The van der Waals surface area contributed by atoms with Crippen LogP contribution in [0.1, 0.15) is 103 Å². The number of H-pyrrole nitrogens is 2. The van der Waals surface area contributed by atoms with Crippen LogP contribution in [-0.2, 0) is 21.7 Å². The normalized spacial score (nSPS) is 13.6. The first-order chi connectivity index (χ1) is 32.1. The predicted octanol–water partition coefficient (Wildman–Crippen LogP) is 14.5. The van der Waals surface area contributed by atoms with Gasteiger partial charge in [0.05, 0.1) is 60.9 Å². The molecule has 4 aromatic carbocycles. The van der Waals surface area contributed by atoms with Crippen LogP contribution in [0.5, 0.6) is 0 Å². The molecule has 0 atom stereocenters. The number of hydrogen-bond donors (Lipinski definition) is 2. The smallest absolute Gasteiger partial charge is 0.164 e. The van der Waals surface area contributed by atoms with Crippen LogP contribution in [0.2, 0.25) is 0 Å². The molecule has 68 heavy (non-hydrogen) atoms. The minimum absolute atomic E-state index is 0.116. The fourth-order valence-electron chi connectivity index (χ4n) is 8.75. The Morgan fingerprint density at radius 3 is 0.838 bits per heavy atom. The van der Waals surface area contributed by atoms with E-state index in [0.717, 1.165) is 105 Å². The largest absolute Gasteiger partial charge is 0.324 e. The van der Waals surface area contributed by atoms with Crippen LogP contribution < -0.4 is 0 Å². The summed E-state index contributed by atoms with van der Waals surface area (Å²) in [6.07, 6.45) is 0. The number of rotatable bonds is 0. The van der Waals surface area contributed by atoms with Crippen molar-refractivity contribution in [3.05, 3.63) is 68.6 Å². The summed E-state index contributed by atoms with van der Waals surface area (Å²) >= 11 is 6.83. The van der Waals surface area contributed by atoms with Gasteiger partial charge in [-0.1, -0.05) is 83.1 Å². The Morgan fingerprint density at radius 2 is 0.544 bits per heavy atom. The number of aromatic nitrogens is 12. The van der Waals surface area contributed by atoms with Crippen molar-refractivity contribution in [3.63, 3.8) is 0 Å². The maximum atomic E-state index is 5.42. The van der Waals surface area contributed by atoms with Crippen molar-refractivity contribution in [3.8, 4) is 45.6 Å². The third-order valence-electron chi connectivity index (χ3n) is 12.4. The summed E-state index contributed by atoms with van der Waals surface area (Å²) in [7, 11) is 0. The Balaban J connectivity index is 1.19. The topological polar surface area (TPSA) is 160 Å². The van der Waals surface area contributed by atoms with E-state index in [0.29, 0.717) is 45.9 Å². The summed E-state index contributed by atoms with van der Waals surface area (Å²) in [5.74, 6) is 2.15. The maximum Gasteiger partial charge on any atom is 0.164 e. The molecule has 9 heterocycles. The molecular formula is C52H46N12S4. The van der Waals surface area contributed by atoms with Crippen molar-refractivity contribution in [2.75, 3.05) is 0 Å². The maximum absolute atomic E-state index is 5.42. The second kappa shape index (κ2) is 13.7. The zero-order valence-corrected chi connectivity index (χ0v) is 43.0. The number of aromatic amines is 2. The van der Waals surface area contributed by atoms with Crippen LogP contribution >= 0.6 is 45.3 Å². The van der Waals surface area contributed by atoms with Gasteiger partial charge >= 0.3 is 0 Å². The Bertz CT molecular complexity index is 3710. The summed E-state index contributed by atoms with van der Waals surface area (Å²) in [5, 5.41) is 7.84. The highest BCUT2D eigenvalue weighted by Crippen LogP contribution is 2.45. The van der Waals surface area contributed by atoms with Crippen LogP contribution in [0.25, 0.3) is 131 Å². The first kappa shape index (κ1) is 41.9. The van der Waals surface area contributed by atoms with Gasteiger partial charge in [0, 0.05) is 65.5 Å². The Kier molecular flexibility index (Phi) is 8.47. The molecule has 12 nitrogen and oxygen atoms in total. The minimum Gasteiger partial charge on any atom is -0.324 e. The van der Waals surface area contributed by atoms with E-state index in [9.17, 15) is 0 Å². The molecule has 0 fully saturated rings. The summed E-state index contributed by atoms with van der Waals surface area (Å²) in [4.78, 5) is 60.1. The van der Waals surface area contributed by atoms with Crippen molar-refractivity contribution in [2.45, 2.75) is 105 Å². The van der Waals surface area contributed by atoms with Crippen LogP contribution in [-0.4, -0.2) is 59.8 Å². The molecule has 2 N–H and O–H groups in total. The van der Waals surface area contributed by atoms with Crippen molar-refractivity contribution in [1.82, 2.24) is 59.8 Å². The molecule has 11 aromatic rings. The third-order valence-corrected chi connectivity index (χ3v) is 18.2. The van der Waals surface area contributed by atoms with E-state index in [-0.39, 0.29) is 21.7 Å². The molecule has 0 saturated carbocycles. The molecule has 2 aliphatic rings. The molecular weight excluding hydrogens is 921 g/mol. The standard InChI is InChI=1S/C52H46N12S4/c1-49(2,3)45-53-29-13-21-25(17-33(29)65-45)41-57-37(21)61-42-26-18-34-31(55-47(66-34)51(7,8)9)15-23(26)39(59-42)63-44-28-20-36-32(56-48(68-36)52(10,11)12)16-24(28)40(60-44)64-43-27-19-35-30(14-22(27)38(58-43)62-41)54-46(67-35)50(4,5)6/h13-20H,1-12H3,(H2,57,58,59,60,61,62,63,64). The molecule has 7 aromatic heterocycles. The molecule has 0 radical (unpaired) electrons. The van der Waals surface area contributed by atoms with E-state index in [2.05, 4.69) is 142 Å². The predicted molar refractivity (Wildman–Crippen MR) is 284 cm³/mol. The van der Waals surface area contributed by atoms with Gasteiger partial charge in [0.25, 0.3) is 0 Å². The van der Waals surface area contributed by atoms with E-state index in [1.165, 1.54) is 0 Å². The number of hydrogen-bond acceptors (Lipinski definition) is 14. The summed E-state index contributed by atoms with van der Waals surface area (Å²) in [6, 6.07) is 17.2. The third kappa shape index (κ3) is 6.54. The Hall–Kier alpha value is -6.20. The average molecular weight is 967 g/mol. The lowest BCUT2D eigenvalue weighted by Crippen LogP contribution is -2.09. The van der Waals surface area contributed by atoms with Gasteiger partial charge in [-0.15, -0.1) is 45.3 Å². The molecule has 0 spiro atoms. The zero-order chi connectivity index (χ0) is 47.1. The van der Waals surface area contributed by atoms with Gasteiger partial charge in [-0.2, -0.15) is 0 Å². The number of benzene rings is 4. The fourth-order valence-corrected chi connectivity index (χ4v) is 12.9. The van der Waals surface area contributed by atoms with Crippen molar-refractivity contribution >= 4 is 130 Å². The first-order valence-corrected chi connectivity index (χ1v) is 26.0. The van der Waals surface area contributed by atoms with E-state index in [1.54, 1.807) is 45.3 Å². The summed E-state index contributed by atoms with van der Waals surface area (Å²) in [6.45, 7) is 26.4. The highest BCUT2D eigenvalue weighted by Gasteiger charge is 2.29. The van der Waals surface area contributed by atoms with Crippen molar-refractivity contribution < 1.29 is 0 Å². The van der Waals surface area contributed by atoms with Gasteiger partial charge < -0.3 is 9.97 Å². The molecule has 0 saturated heterocycles. The number of fused-ring (bicyclic) bond motifs is 24.